The van der Waals surface area contributed by atoms with E-state index in [4.69, 9.17) is 14.5 Å². The van der Waals surface area contributed by atoms with Gasteiger partial charge in [0.1, 0.15) is 24.1 Å². The lowest BCUT2D eigenvalue weighted by atomic mass is 10.0. The summed E-state index contributed by atoms with van der Waals surface area (Å²) in [7, 11) is -5.04. The molecule has 1 aromatic heterocycles. The fourth-order valence-corrected chi connectivity index (χ4v) is 5.27. The van der Waals surface area contributed by atoms with Crippen LogP contribution >= 0.6 is 7.82 Å². The molecule has 0 unspecified atom stereocenters. The molecule has 0 spiro atoms. The van der Waals surface area contributed by atoms with Crippen LogP contribution in [0.25, 0.3) is 0 Å². The minimum atomic E-state index is -5.04. The number of aliphatic hydroxyl groups excluding tert-OH is 2. The summed E-state index contributed by atoms with van der Waals surface area (Å²) in [5.74, 6) is -0.245. The van der Waals surface area contributed by atoms with Crippen molar-refractivity contribution >= 4 is 19.5 Å². The minimum absolute atomic E-state index is 0.0244. The average Bonchev–Trinajstić information content (AvgIpc) is 3.17. The summed E-state index contributed by atoms with van der Waals surface area (Å²) in [4.78, 5) is 46.9. The van der Waals surface area contributed by atoms with Gasteiger partial charge in [-0.3, -0.25) is 13.9 Å². The molecule has 0 radical (unpaired) electrons. The normalized spacial score (nSPS) is 21.4. The fourth-order valence-electron chi connectivity index (χ4n) is 4.73. The second-order valence-corrected chi connectivity index (χ2v) is 11.4. The molecule has 1 aromatic rings. The van der Waals surface area contributed by atoms with Crippen LogP contribution in [0, 0.1) is 0 Å². The maximum absolute atomic E-state index is 12.5. The quantitative estimate of drug-likeness (QED) is 0.113. The van der Waals surface area contributed by atoms with Crippen LogP contribution in [0.4, 0.5) is 5.82 Å². The molecule has 1 fully saturated rings. The number of ether oxygens (including phenoxy) is 1. The van der Waals surface area contributed by atoms with Gasteiger partial charge in [-0.1, -0.05) is 90.4 Å². The molecule has 13 heteroatoms. The van der Waals surface area contributed by atoms with E-state index in [2.05, 4.69) is 21.7 Å². The first-order chi connectivity index (χ1) is 18.7. The van der Waals surface area contributed by atoms with Gasteiger partial charge in [0.15, 0.2) is 6.23 Å². The lowest BCUT2D eigenvalue weighted by molar-refractivity contribution is -0.116. The van der Waals surface area contributed by atoms with Crippen LogP contribution in [0.5, 0.6) is 0 Å². The summed E-state index contributed by atoms with van der Waals surface area (Å²) in [5.41, 5.74) is -0.889. The van der Waals surface area contributed by atoms with E-state index in [1.54, 1.807) is 0 Å². The highest BCUT2D eigenvalue weighted by Gasteiger charge is 2.48. The Morgan fingerprint density at radius 2 is 1.56 bits per heavy atom. The van der Waals surface area contributed by atoms with Crippen molar-refractivity contribution in [1.82, 2.24) is 9.55 Å². The van der Waals surface area contributed by atoms with Crippen LogP contribution < -0.4 is 11.0 Å². The Kier molecular flexibility index (Phi) is 15.4. The third-order valence-electron chi connectivity index (χ3n) is 6.88. The number of phosphoric acid groups is 1. The van der Waals surface area contributed by atoms with Crippen molar-refractivity contribution < 1.29 is 38.6 Å². The van der Waals surface area contributed by atoms with Crippen LogP contribution in [0.3, 0.4) is 0 Å². The SMILES string of the molecule is CCCCCCCCCCCCCCCCC(=O)Nc1ccn([C@@H]2O[C@H](CO)[C@@H](O)[C@H]2OP(=O)(O)O)c(=O)n1. The monoisotopic (exact) mass is 575 g/mol. The molecule has 4 atom stereocenters. The van der Waals surface area contributed by atoms with Crippen molar-refractivity contribution in [3.8, 4) is 0 Å². The summed E-state index contributed by atoms with van der Waals surface area (Å²) < 4.78 is 22.1. The predicted octanol–water partition coefficient (Wildman–Crippen LogP) is 3.78. The van der Waals surface area contributed by atoms with Crippen LogP contribution in [0.2, 0.25) is 0 Å². The lowest BCUT2D eigenvalue weighted by Crippen LogP contribution is -2.37. The molecule has 1 aliphatic heterocycles. The second kappa shape index (κ2) is 17.9. The number of hydrogen-bond acceptors (Lipinski definition) is 8. The third kappa shape index (κ3) is 12.6. The Labute approximate surface area is 230 Å². The molecule has 39 heavy (non-hydrogen) atoms. The molecule has 12 nitrogen and oxygen atoms in total. The number of nitrogens with zero attached hydrogens (tertiary/aromatic N) is 2. The number of amides is 1. The van der Waals surface area contributed by atoms with Crippen molar-refractivity contribution in [1.29, 1.82) is 0 Å². The number of nitrogens with one attached hydrogen (secondary N) is 1. The summed E-state index contributed by atoms with van der Waals surface area (Å²) in [5, 5.41) is 22.1. The van der Waals surface area contributed by atoms with Gasteiger partial charge in [0.25, 0.3) is 0 Å². The van der Waals surface area contributed by atoms with Gasteiger partial charge in [0, 0.05) is 12.6 Å². The van der Waals surface area contributed by atoms with Crippen molar-refractivity contribution in [2.24, 2.45) is 0 Å². The molecular formula is C26H46N3O9P. The van der Waals surface area contributed by atoms with Crippen LogP contribution in [0.15, 0.2) is 17.1 Å². The number of hydrogen-bond donors (Lipinski definition) is 5. The maximum atomic E-state index is 12.5. The van der Waals surface area contributed by atoms with E-state index in [0.29, 0.717) is 6.42 Å². The second-order valence-electron chi connectivity index (χ2n) is 10.2. The molecule has 224 valence electrons. The van der Waals surface area contributed by atoms with Gasteiger partial charge in [-0.05, 0) is 12.5 Å². The standard InChI is InChI=1S/C26H46N3O9P/c1-2-3-4-5-6-7-8-9-10-11-12-13-14-15-16-22(31)27-21-17-18-29(26(33)28-21)25-24(38-39(34,35)36)23(32)20(19-30)37-25/h17-18,20,23-25,30,32H,2-16,19H2,1H3,(H2,34,35,36)(H,27,28,31,33)/t20-,23-,24-,25-/m1/s1. The van der Waals surface area contributed by atoms with Crippen LogP contribution in [-0.4, -0.2) is 60.4 Å². The zero-order valence-corrected chi connectivity index (χ0v) is 23.8. The summed E-state index contributed by atoms with van der Waals surface area (Å²) in [6.07, 6.45) is 12.8. The van der Waals surface area contributed by atoms with Crippen molar-refractivity contribution in [3.05, 3.63) is 22.7 Å². The Balaban J connectivity index is 1.67. The molecule has 0 aromatic carbocycles. The molecule has 5 N–H and O–H groups in total. The minimum Gasteiger partial charge on any atom is -0.394 e. The Morgan fingerprint density at radius 3 is 2.05 bits per heavy atom. The van der Waals surface area contributed by atoms with Gasteiger partial charge in [-0.2, -0.15) is 4.98 Å². The van der Waals surface area contributed by atoms with Crippen molar-refractivity contribution in [2.45, 2.75) is 128 Å². The average molecular weight is 576 g/mol. The van der Waals surface area contributed by atoms with E-state index < -0.39 is 44.7 Å². The van der Waals surface area contributed by atoms with Crippen LogP contribution in [0.1, 0.15) is 109 Å². The largest absolute Gasteiger partial charge is 0.470 e. The molecule has 0 bridgehead atoms. The maximum Gasteiger partial charge on any atom is 0.470 e. The van der Waals surface area contributed by atoms with Gasteiger partial charge in [-0.15, -0.1) is 0 Å². The van der Waals surface area contributed by atoms with Crippen LogP contribution in [-0.2, 0) is 18.6 Å². The number of unbranched alkanes of at least 4 members (excludes halogenated alkanes) is 13. The van der Waals surface area contributed by atoms with Gasteiger partial charge >= 0.3 is 13.5 Å². The van der Waals surface area contributed by atoms with E-state index in [9.17, 15) is 24.4 Å². The van der Waals surface area contributed by atoms with Crippen molar-refractivity contribution in [2.75, 3.05) is 11.9 Å². The number of aliphatic hydroxyl groups is 2. The summed E-state index contributed by atoms with van der Waals surface area (Å²) >= 11 is 0. The molecule has 0 saturated carbocycles. The Hall–Kier alpha value is -1.66. The Morgan fingerprint density at radius 1 is 1.03 bits per heavy atom. The summed E-state index contributed by atoms with van der Waals surface area (Å²) in [6.45, 7) is 1.58. The molecule has 2 heterocycles. The molecule has 1 amide bonds. The van der Waals surface area contributed by atoms with E-state index in [1.165, 1.54) is 82.9 Å². The topological polar surface area (TPSA) is 180 Å². The molecule has 0 aliphatic carbocycles. The van der Waals surface area contributed by atoms with Gasteiger partial charge < -0.3 is 30.1 Å². The first kappa shape index (κ1) is 33.5. The fraction of sp³-hybridized carbons (Fsp3) is 0.808. The zero-order valence-electron chi connectivity index (χ0n) is 22.9. The highest BCUT2D eigenvalue weighted by atomic mass is 31.2. The zero-order chi connectivity index (χ0) is 28.7. The number of phosphoric ester groups is 1. The molecule has 2 rings (SSSR count). The van der Waals surface area contributed by atoms with Gasteiger partial charge in [-0.25, -0.2) is 9.36 Å². The predicted molar refractivity (Wildman–Crippen MR) is 146 cm³/mol. The van der Waals surface area contributed by atoms with E-state index in [-0.39, 0.29) is 11.7 Å². The van der Waals surface area contributed by atoms with E-state index in [1.807, 2.05) is 0 Å². The molecule has 1 aliphatic rings. The number of carbonyl (C=O) groups excluding carboxylic acids is 1. The molecular weight excluding hydrogens is 529 g/mol. The third-order valence-corrected chi connectivity index (χ3v) is 7.40. The van der Waals surface area contributed by atoms with Crippen molar-refractivity contribution in [3.63, 3.8) is 0 Å². The smallest absolute Gasteiger partial charge is 0.394 e. The Bertz CT molecular complexity index is 955. The highest BCUT2D eigenvalue weighted by Crippen LogP contribution is 2.44. The first-order valence-corrected chi connectivity index (χ1v) is 15.8. The summed E-state index contributed by atoms with van der Waals surface area (Å²) in [6, 6.07) is 1.33. The van der Waals surface area contributed by atoms with Gasteiger partial charge in [0.05, 0.1) is 6.61 Å². The number of carbonyl (C=O) groups is 1. The molecule has 1 saturated heterocycles. The highest BCUT2D eigenvalue weighted by molar-refractivity contribution is 7.46. The number of aromatic nitrogens is 2. The number of anilines is 1. The lowest BCUT2D eigenvalue weighted by Gasteiger charge is -2.22. The van der Waals surface area contributed by atoms with E-state index in [0.717, 1.165) is 23.8 Å². The first-order valence-electron chi connectivity index (χ1n) is 14.2. The van der Waals surface area contributed by atoms with E-state index >= 15 is 0 Å². The number of rotatable bonds is 20. The van der Waals surface area contributed by atoms with Gasteiger partial charge in [0.2, 0.25) is 5.91 Å².